The number of fused-ring (bicyclic) bond motifs is 1. The number of nitrogens with zero attached hydrogens (tertiary/aromatic N) is 3. The predicted octanol–water partition coefficient (Wildman–Crippen LogP) is 2.75. The molecule has 0 aliphatic rings. The van der Waals surface area contributed by atoms with E-state index in [0.717, 1.165) is 28.4 Å². The topological polar surface area (TPSA) is 56.7 Å². The van der Waals surface area contributed by atoms with Crippen LogP contribution in [0, 0.1) is 6.92 Å². The van der Waals surface area contributed by atoms with Gasteiger partial charge < -0.3 is 5.73 Å². The fourth-order valence-corrected chi connectivity index (χ4v) is 2.21. The SMILES string of the molecule is Cc1ccc2nc(C(C)N)n(-c3ccccc3)c2n1. The second kappa shape index (κ2) is 4.48. The van der Waals surface area contributed by atoms with Crippen LogP contribution in [0.15, 0.2) is 42.5 Å². The van der Waals surface area contributed by atoms with E-state index in [1.165, 1.54) is 0 Å². The molecule has 0 aliphatic heterocycles. The molecule has 1 aromatic carbocycles. The van der Waals surface area contributed by atoms with E-state index in [0.29, 0.717) is 0 Å². The second-order valence-corrected chi connectivity index (χ2v) is 4.73. The summed E-state index contributed by atoms with van der Waals surface area (Å²) < 4.78 is 2.03. The summed E-state index contributed by atoms with van der Waals surface area (Å²) in [5, 5.41) is 0. The molecular formula is C15H16N4. The fraction of sp³-hybridized carbons (Fsp3) is 0.200. The molecule has 1 atom stereocenters. The van der Waals surface area contributed by atoms with Crippen molar-refractivity contribution in [2.24, 2.45) is 5.73 Å². The zero-order valence-electron chi connectivity index (χ0n) is 11.0. The van der Waals surface area contributed by atoms with Gasteiger partial charge in [-0.15, -0.1) is 0 Å². The number of aryl methyl sites for hydroxylation is 1. The smallest absolute Gasteiger partial charge is 0.164 e. The van der Waals surface area contributed by atoms with Crippen LogP contribution in [0.3, 0.4) is 0 Å². The van der Waals surface area contributed by atoms with E-state index in [1.807, 2.05) is 60.9 Å². The van der Waals surface area contributed by atoms with Gasteiger partial charge in [0.05, 0.1) is 6.04 Å². The number of hydrogen-bond donors (Lipinski definition) is 1. The van der Waals surface area contributed by atoms with E-state index in [2.05, 4.69) is 9.97 Å². The van der Waals surface area contributed by atoms with Crippen LogP contribution < -0.4 is 5.73 Å². The maximum absolute atomic E-state index is 6.04. The van der Waals surface area contributed by atoms with Gasteiger partial charge in [0.1, 0.15) is 11.3 Å². The molecule has 2 heterocycles. The highest BCUT2D eigenvalue weighted by Crippen LogP contribution is 2.23. The first-order chi connectivity index (χ1) is 9.16. The van der Waals surface area contributed by atoms with Crippen molar-refractivity contribution in [1.82, 2.24) is 14.5 Å². The van der Waals surface area contributed by atoms with Crippen molar-refractivity contribution in [2.75, 3.05) is 0 Å². The van der Waals surface area contributed by atoms with Crippen molar-refractivity contribution in [3.8, 4) is 5.69 Å². The molecule has 0 fully saturated rings. The van der Waals surface area contributed by atoms with Gasteiger partial charge >= 0.3 is 0 Å². The summed E-state index contributed by atoms with van der Waals surface area (Å²) in [6.45, 7) is 3.92. The van der Waals surface area contributed by atoms with Crippen molar-refractivity contribution < 1.29 is 0 Å². The Labute approximate surface area is 111 Å². The van der Waals surface area contributed by atoms with E-state index in [4.69, 9.17) is 5.73 Å². The Morgan fingerprint density at radius 2 is 1.79 bits per heavy atom. The summed E-state index contributed by atoms with van der Waals surface area (Å²) in [6.07, 6.45) is 0. The number of para-hydroxylation sites is 1. The highest BCUT2D eigenvalue weighted by atomic mass is 15.1. The van der Waals surface area contributed by atoms with Gasteiger partial charge in [0.15, 0.2) is 5.65 Å². The van der Waals surface area contributed by atoms with Crippen LogP contribution in [0.5, 0.6) is 0 Å². The molecule has 96 valence electrons. The lowest BCUT2D eigenvalue weighted by atomic mass is 10.3. The van der Waals surface area contributed by atoms with Crippen molar-refractivity contribution in [3.05, 3.63) is 54.0 Å². The van der Waals surface area contributed by atoms with Crippen LogP contribution in [0.2, 0.25) is 0 Å². The quantitative estimate of drug-likeness (QED) is 0.763. The van der Waals surface area contributed by atoms with Gasteiger partial charge in [-0.1, -0.05) is 18.2 Å². The first-order valence-corrected chi connectivity index (χ1v) is 6.34. The maximum atomic E-state index is 6.04. The minimum absolute atomic E-state index is 0.144. The number of pyridine rings is 1. The molecule has 4 nitrogen and oxygen atoms in total. The van der Waals surface area contributed by atoms with Crippen LogP contribution in [0.4, 0.5) is 0 Å². The average Bonchev–Trinajstić information content (AvgIpc) is 2.78. The lowest BCUT2D eigenvalue weighted by molar-refractivity contribution is 0.725. The van der Waals surface area contributed by atoms with Crippen molar-refractivity contribution in [3.63, 3.8) is 0 Å². The fourth-order valence-electron chi connectivity index (χ4n) is 2.21. The highest BCUT2D eigenvalue weighted by molar-refractivity contribution is 5.74. The van der Waals surface area contributed by atoms with Crippen LogP contribution >= 0.6 is 0 Å². The minimum Gasteiger partial charge on any atom is -0.322 e. The van der Waals surface area contributed by atoms with Gasteiger partial charge in [-0.25, -0.2) is 9.97 Å². The molecular weight excluding hydrogens is 236 g/mol. The van der Waals surface area contributed by atoms with E-state index in [9.17, 15) is 0 Å². The number of hydrogen-bond acceptors (Lipinski definition) is 3. The Kier molecular flexibility index (Phi) is 2.80. The van der Waals surface area contributed by atoms with E-state index in [1.54, 1.807) is 0 Å². The van der Waals surface area contributed by atoms with Gasteiger partial charge in [0.2, 0.25) is 0 Å². The third-order valence-corrected chi connectivity index (χ3v) is 3.09. The lowest BCUT2D eigenvalue weighted by Crippen LogP contribution is -2.12. The van der Waals surface area contributed by atoms with Crippen LogP contribution in [0.25, 0.3) is 16.9 Å². The summed E-state index contributed by atoms with van der Waals surface area (Å²) in [5.74, 6) is 0.833. The number of benzene rings is 1. The molecule has 3 rings (SSSR count). The Balaban J connectivity index is 2.36. The van der Waals surface area contributed by atoms with Gasteiger partial charge in [-0.05, 0) is 38.1 Å². The maximum Gasteiger partial charge on any atom is 0.164 e. The molecule has 2 N–H and O–H groups in total. The number of aromatic nitrogens is 3. The summed E-state index contributed by atoms with van der Waals surface area (Å²) in [4.78, 5) is 9.21. The molecule has 0 aliphatic carbocycles. The predicted molar refractivity (Wildman–Crippen MR) is 76.2 cm³/mol. The largest absolute Gasteiger partial charge is 0.322 e. The number of rotatable bonds is 2. The number of imidazole rings is 1. The molecule has 19 heavy (non-hydrogen) atoms. The van der Waals surface area contributed by atoms with Crippen molar-refractivity contribution in [1.29, 1.82) is 0 Å². The van der Waals surface area contributed by atoms with Crippen LogP contribution in [-0.2, 0) is 0 Å². The lowest BCUT2D eigenvalue weighted by Gasteiger charge is -2.10. The molecule has 0 saturated carbocycles. The molecule has 2 aromatic heterocycles. The van der Waals surface area contributed by atoms with Gasteiger partial charge in [-0.3, -0.25) is 4.57 Å². The van der Waals surface area contributed by atoms with E-state index >= 15 is 0 Å². The monoisotopic (exact) mass is 252 g/mol. The molecule has 0 spiro atoms. The normalized spacial score (nSPS) is 12.8. The van der Waals surface area contributed by atoms with E-state index < -0.39 is 0 Å². The first-order valence-electron chi connectivity index (χ1n) is 6.34. The minimum atomic E-state index is -0.144. The van der Waals surface area contributed by atoms with Gasteiger partial charge in [0, 0.05) is 11.4 Å². The summed E-state index contributed by atoms with van der Waals surface area (Å²) in [7, 11) is 0. The Morgan fingerprint density at radius 1 is 1.05 bits per heavy atom. The third-order valence-electron chi connectivity index (χ3n) is 3.09. The molecule has 0 radical (unpaired) electrons. The highest BCUT2D eigenvalue weighted by Gasteiger charge is 2.16. The van der Waals surface area contributed by atoms with Crippen molar-refractivity contribution in [2.45, 2.75) is 19.9 Å². The first kappa shape index (κ1) is 11.9. The molecule has 3 aromatic rings. The standard InChI is InChI=1S/C15H16N4/c1-10-8-9-13-15(17-10)19(14(18-13)11(2)16)12-6-4-3-5-7-12/h3-9,11H,16H2,1-2H3. The molecule has 0 saturated heterocycles. The van der Waals surface area contributed by atoms with Crippen LogP contribution in [0.1, 0.15) is 24.5 Å². The molecule has 0 amide bonds. The Morgan fingerprint density at radius 3 is 2.47 bits per heavy atom. The zero-order valence-corrected chi connectivity index (χ0v) is 11.0. The Hall–Kier alpha value is -2.20. The Bertz CT molecular complexity index is 714. The molecule has 1 unspecified atom stereocenters. The zero-order chi connectivity index (χ0) is 13.4. The summed E-state index contributed by atoms with van der Waals surface area (Å²) >= 11 is 0. The van der Waals surface area contributed by atoms with Gasteiger partial charge in [-0.2, -0.15) is 0 Å². The average molecular weight is 252 g/mol. The second-order valence-electron chi connectivity index (χ2n) is 4.73. The molecule has 4 heteroatoms. The molecule has 0 bridgehead atoms. The van der Waals surface area contributed by atoms with Crippen LogP contribution in [-0.4, -0.2) is 14.5 Å². The van der Waals surface area contributed by atoms with Crippen molar-refractivity contribution >= 4 is 11.2 Å². The summed E-state index contributed by atoms with van der Waals surface area (Å²) in [5.41, 5.74) is 9.79. The van der Waals surface area contributed by atoms with Gasteiger partial charge in [0.25, 0.3) is 0 Å². The third kappa shape index (κ3) is 2.00. The number of nitrogens with two attached hydrogens (primary N) is 1. The van der Waals surface area contributed by atoms with E-state index in [-0.39, 0.29) is 6.04 Å². The summed E-state index contributed by atoms with van der Waals surface area (Å²) in [6, 6.07) is 13.9.